The minimum absolute atomic E-state index is 0.239. The maximum absolute atomic E-state index is 13.4. The molecule has 0 radical (unpaired) electrons. The third-order valence-electron chi connectivity index (χ3n) is 20.9. The van der Waals surface area contributed by atoms with Gasteiger partial charge in [-0.1, -0.05) is 391 Å². The van der Waals surface area contributed by atoms with Crippen molar-refractivity contribution in [3.63, 3.8) is 0 Å². The monoisotopic (exact) mass is 1380 g/mol. The zero-order chi connectivity index (χ0) is 70.1. The van der Waals surface area contributed by atoms with Crippen LogP contribution in [0.2, 0.25) is 0 Å². The van der Waals surface area contributed by atoms with Crippen LogP contribution in [0.4, 0.5) is 0 Å². The van der Waals surface area contributed by atoms with E-state index in [4.69, 9.17) is 18.9 Å². The summed E-state index contributed by atoms with van der Waals surface area (Å²) >= 11 is 0. The summed E-state index contributed by atoms with van der Waals surface area (Å²) in [6.07, 6.45) is 71.4. The topological polar surface area (TPSA) is 228 Å². The van der Waals surface area contributed by atoms with E-state index >= 15 is 0 Å². The van der Waals surface area contributed by atoms with Crippen molar-refractivity contribution >= 4 is 5.91 Å². The van der Waals surface area contributed by atoms with Crippen molar-refractivity contribution < 1.29 is 64.6 Å². The molecule has 14 nitrogen and oxygen atoms in total. The van der Waals surface area contributed by atoms with E-state index < -0.39 is 86.8 Å². The molecule has 2 heterocycles. The van der Waals surface area contributed by atoms with Crippen molar-refractivity contribution in [2.75, 3.05) is 19.8 Å². The second kappa shape index (κ2) is 67.6. The molecule has 0 bridgehead atoms. The first-order chi connectivity index (χ1) is 47.6. The SMILES string of the molecule is CCCCCCCCCCCCCCCCCCCCCCCCCCC/C=C/CC/C=C/C(O)C(COC1OC(CO)C(OC2OC(CO)C(O)C(O)C2O)C(O)C1O)NC(=O)CCCCCCCCCCCCCCCCCCCCCCCCCCCCCCCCCC. The van der Waals surface area contributed by atoms with Crippen molar-refractivity contribution in [3.05, 3.63) is 24.3 Å². The lowest BCUT2D eigenvalue weighted by Crippen LogP contribution is -2.65. The average Bonchev–Trinajstić information content (AvgIpc) is 0.794. The Labute approximate surface area is 596 Å². The Bertz CT molecular complexity index is 1720. The molecule has 0 aliphatic carbocycles. The molecule has 14 heteroatoms. The third kappa shape index (κ3) is 50.5. The second-order valence-corrected chi connectivity index (χ2v) is 30.0. The smallest absolute Gasteiger partial charge is 0.220 e. The summed E-state index contributed by atoms with van der Waals surface area (Å²) < 4.78 is 22.9. The van der Waals surface area contributed by atoms with Gasteiger partial charge in [-0.05, 0) is 32.1 Å². The first kappa shape index (κ1) is 91.6. The van der Waals surface area contributed by atoms with Gasteiger partial charge in [0.25, 0.3) is 0 Å². The largest absolute Gasteiger partial charge is 0.394 e. The molecule has 0 aromatic rings. The molecule has 574 valence electrons. The molecule has 97 heavy (non-hydrogen) atoms. The van der Waals surface area contributed by atoms with Crippen LogP contribution < -0.4 is 5.32 Å². The van der Waals surface area contributed by atoms with E-state index in [9.17, 15) is 45.6 Å². The molecular weight excluding hydrogens is 1220 g/mol. The highest BCUT2D eigenvalue weighted by Crippen LogP contribution is 2.30. The number of unbranched alkanes of at least 4 members (excludes halogenated alkanes) is 57. The van der Waals surface area contributed by atoms with Gasteiger partial charge in [0.15, 0.2) is 12.6 Å². The molecule has 2 saturated heterocycles. The predicted molar refractivity (Wildman–Crippen MR) is 402 cm³/mol. The summed E-state index contributed by atoms with van der Waals surface area (Å²) in [7, 11) is 0. The maximum atomic E-state index is 13.4. The van der Waals surface area contributed by atoms with Gasteiger partial charge in [0, 0.05) is 6.42 Å². The minimum atomic E-state index is -1.79. The molecule has 12 atom stereocenters. The highest BCUT2D eigenvalue weighted by Gasteiger charge is 2.51. The number of aliphatic hydroxyl groups excluding tert-OH is 8. The van der Waals surface area contributed by atoms with Gasteiger partial charge in [-0.2, -0.15) is 0 Å². The van der Waals surface area contributed by atoms with E-state index in [1.54, 1.807) is 6.08 Å². The molecule has 2 fully saturated rings. The maximum Gasteiger partial charge on any atom is 0.220 e. The molecular formula is C83H159NO13. The van der Waals surface area contributed by atoms with E-state index in [0.29, 0.717) is 12.8 Å². The van der Waals surface area contributed by atoms with Crippen molar-refractivity contribution in [2.24, 2.45) is 0 Å². The zero-order valence-electron chi connectivity index (χ0n) is 63.1. The standard InChI is InChI=1S/C83H159NO13/c1-3-5-7-9-11-13-15-17-19-21-23-25-27-29-31-33-35-37-39-41-43-45-47-49-51-53-55-57-59-61-63-65-67-75(88)84-71(70-94-82-80(93)78(91)81(74(69-86)96-82)97-83-79(92)77(90)76(89)73(68-85)95-83)72(87)66-64-62-60-58-56-54-52-50-48-46-44-42-40-38-36-34-32-30-28-26-24-22-20-18-16-14-12-10-8-6-4-2/h56,58,64,66,71-74,76-83,85-87,89-93H,3-55,57,59-63,65,67-70H2,1-2H3,(H,84,88)/b58-56+,66-64+. The van der Waals surface area contributed by atoms with E-state index in [2.05, 4.69) is 31.3 Å². The van der Waals surface area contributed by atoms with Crippen molar-refractivity contribution in [3.8, 4) is 0 Å². The fraction of sp³-hybridized carbons (Fsp3) is 0.940. The van der Waals surface area contributed by atoms with E-state index in [1.165, 1.54) is 340 Å². The summed E-state index contributed by atoms with van der Waals surface area (Å²) in [5.41, 5.74) is 0. The van der Waals surface area contributed by atoms with Crippen LogP contribution in [0.15, 0.2) is 24.3 Å². The molecule has 0 spiro atoms. The van der Waals surface area contributed by atoms with E-state index in [0.717, 1.165) is 32.1 Å². The van der Waals surface area contributed by atoms with Gasteiger partial charge in [-0.25, -0.2) is 0 Å². The Kier molecular flexibility index (Phi) is 63.8. The number of carbonyl (C=O) groups excluding carboxylic acids is 1. The van der Waals surface area contributed by atoms with Crippen LogP contribution in [0.5, 0.6) is 0 Å². The Morgan fingerprint density at radius 1 is 0.361 bits per heavy atom. The van der Waals surface area contributed by atoms with Crippen LogP contribution in [0, 0.1) is 0 Å². The quantitative estimate of drug-likeness (QED) is 0.0204. The molecule has 9 N–H and O–H groups in total. The molecule has 2 aliphatic rings. The normalized spacial score (nSPS) is 22.2. The molecule has 0 saturated carbocycles. The number of hydrogen-bond acceptors (Lipinski definition) is 13. The fourth-order valence-electron chi connectivity index (χ4n) is 14.3. The van der Waals surface area contributed by atoms with Gasteiger partial charge in [0.2, 0.25) is 5.91 Å². The Hall–Kier alpha value is -1.53. The van der Waals surface area contributed by atoms with Crippen LogP contribution >= 0.6 is 0 Å². The number of carbonyl (C=O) groups is 1. The number of hydrogen-bond donors (Lipinski definition) is 9. The minimum Gasteiger partial charge on any atom is -0.394 e. The Morgan fingerprint density at radius 2 is 0.660 bits per heavy atom. The van der Waals surface area contributed by atoms with Crippen molar-refractivity contribution in [2.45, 2.75) is 479 Å². The lowest BCUT2D eigenvalue weighted by molar-refractivity contribution is -0.359. The summed E-state index contributed by atoms with van der Waals surface area (Å²) in [5, 5.41) is 87.7. The number of amides is 1. The van der Waals surface area contributed by atoms with Crippen molar-refractivity contribution in [1.29, 1.82) is 0 Å². The van der Waals surface area contributed by atoms with Gasteiger partial charge in [0.1, 0.15) is 48.8 Å². The summed E-state index contributed by atoms with van der Waals surface area (Å²) in [6.45, 7) is 2.86. The number of ether oxygens (including phenoxy) is 4. The van der Waals surface area contributed by atoms with Gasteiger partial charge < -0.3 is 65.1 Å². The molecule has 0 aromatic carbocycles. The number of nitrogens with one attached hydrogen (secondary N) is 1. The first-order valence-electron chi connectivity index (χ1n) is 42.1. The van der Waals surface area contributed by atoms with Gasteiger partial charge in [-0.3, -0.25) is 4.79 Å². The number of rotatable bonds is 72. The zero-order valence-corrected chi connectivity index (χ0v) is 63.1. The number of aliphatic hydroxyl groups is 8. The summed E-state index contributed by atoms with van der Waals surface area (Å²) in [4.78, 5) is 13.4. The molecule has 12 unspecified atom stereocenters. The van der Waals surface area contributed by atoms with E-state index in [1.807, 2.05) is 6.08 Å². The molecule has 1 amide bonds. The van der Waals surface area contributed by atoms with Crippen LogP contribution in [-0.4, -0.2) is 140 Å². The van der Waals surface area contributed by atoms with Gasteiger partial charge in [0.05, 0.1) is 32.0 Å². The predicted octanol–water partition coefficient (Wildman–Crippen LogP) is 19.4. The lowest BCUT2D eigenvalue weighted by Gasteiger charge is -2.46. The highest BCUT2D eigenvalue weighted by molar-refractivity contribution is 5.76. The number of allylic oxidation sites excluding steroid dienone is 3. The fourth-order valence-corrected chi connectivity index (χ4v) is 14.3. The summed E-state index contributed by atoms with van der Waals surface area (Å²) in [5.74, 6) is -0.239. The van der Waals surface area contributed by atoms with Crippen LogP contribution in [-0.2, 0) is 23.7 Å². The first-order valence-corrected chi connectivity index (χ1v) is 42.1. The highest BCUT2D eigenvalue weighted by atomic mass is 16.7. The van der Waals surface area contributed by atoms with Crippen LogP contribution in [0.3, 0.4) is 0 Å². The molecule has 2 aliphatic heterocycles. The van der Waals surface area contributed by atoms with Gasteiger partial charge in [-0.15, -0.1) is 0 Å². The molecule has 2 rings (SSSR count). The molecule has 0 aromatic heterocycles. The second-order valence-electron chi connectivity index (χ2n) is 30.0. The Balaban J connectivity index is 1.61. The Morgan fingerprint density at radius 3 is 1.01 bits per heavy atom. The van der Waals surface area contributed by atoms with Crippen LogP contribution in [0.1, 0.15) is 406 Å². The van der Waals surface area contributed by atoms with Crippen LogP contribution in [0.25, 0.3) is 0 Å². The third-order valence-corrected chi connectivity index (χ3v) is 20.9. The summed E-state index contributed by atoms with van der Waals surface area (Å²) in [6, 6.07) is -0.931. The lowest BCUT2D eigenvalue weighted by atomic mass is 9.97. The van der Waals surface area contributed by atoms with E-state index in [-0.39, 0.29) is 18.9 Å². The van der Waals surface area contributed by atoms with Gasteiger partial charge >= 0.3 is 0 Å². The average molecular weight is 1380 g/mol. The van der Waals surface area contributed by atoms with Crippen molar-refractivity contribution in [1.82, 2.24) is 5.32 Å².